The summed E-state index contributed by atoms with van der Waals surface area (Å²) in [5.74, 6) is 0. The highest BCUT2D eigenvalue weighted by molar-refractivity contribution is 7.89. The Kier molecular flexibility index (Phi) is 2.50. The molecule has 0 spiro atoms. The van der Waals surface area contributed by atoms with Crippen molar-refractivity contribution < 1.29 is 8.42 Å². The van der Waals surface area contributed by atoms with Crippen LogP contribution in [0.3, 0.4) is 0 Å². The summed E-state index contributed by atoms with van der Waals surface area (Å²) in [4.78, 5) is 0. The van der Waals surface area contributed by atoms with Crippen molar-refractivity contribution in [1.82, 2.24) is 0 Å². The van der Waals surface area contributed by atoms with Gasteiger partial charge in [0.05, 0.1) is 5.25 Å². The molecule has 0 aromatic carbocycles. The third kappa shape index (κ3) is 1.64. The molecule has 0 aliphatic heterocycles. The molecule has 0 atom stereocenters. The predicted molar refractivity (Wildman–Crippen MR) is 49.1 cm³/mol. The van der Waals surface area contributed by atoms with Crippen LogP contribution in [0.4, 0.5) is 0 Å². The topological polar surface area (TPSA) is 60.2 Å². The van der Waals surface area contributed by atoms with Crippen LogP contribution in [0.25, 0.3) is 0 Å². The number of nitrogens with two attached hydrogens (primary N) is 1. The Balaban J connectivity index is 2.57. The highest BCUT2D eigenvalue weighted by Crippen LogP contribution is 2.48. The quantitative estimate of drug-likeness (QED) is 0.729. The van der Waals surface area contributed by atoms with E-state index < -0.39 is 10.0 Å². The second-order valence-electron chi connectivity index (χ2n) is 3.83. The average Bonchev–Trinajstić information content (AvgIpc) is 1.85. The van der Waals surface area contributed by atoms with Crippen LogP contribution in [0.15, 0.2) is 0 Å². The largest absolute Gasteiger partial charge is 0.228 e. The van der Waals surface area contributed by atoms with Crippen LogP contribution in [0.1, 0.15) is 39.5 Å². The summed E-state index contributed by atoms with van der Waals surface area (Å²) in [6.45, 7) is 4.23. The van der Waals surface area contributed by atoms with E-state index in [4.69, 9.17) is 5.14 Å². The molecular weight excluding hydrogens is 174 g/mol. The maximum atomic E-state index is 10.9. The standard InChI is InChI=1S/C8H17NO2S/c1-3-8(4-2)5-7(6-8)12(9,10)11/h7H,3-6H2,1-2H3,(H2,9,10,11). The summed E-state index contributed by atoms with van der Waals surface area (Å²) in [5.41, 5.74) is 0.275. The summed E-state index contributed by atoms with van der Waals surface area (Å²) in [7, 11) is -3.26. The van der Waals surface area contributed by atoms with E-state index in [2.05, 4.69) is 13.8 Å². The molecule has 1 saturated carbocycles. The maximum absolute atomic E-state index is 10.9. The minimum Gasteiger partial charge on any atom is -0.228 e. The second-order valence-corrected chi connectivity index (χ2v) is 5.67. The molecule has 2 N–H and O–H groups in total. The van der Waals surface area contributed by atoms with Gasteiger partial charge in [0, 0.05) is 0 Å². The molecule has 0 unspecified atom stereocenters. The van der Waals surface area contributed by atoms with Gasteiger partial charge < -0.3 is 0 Å². The SMILES string of the molecule is CCC1(CC)CC(S(N)(=O)=O)C1. The zero-order valence-corrected chi connectivity index (χ0v) is 8.52. The molecule has 1 fully saturated rings. The smallest absolute Gasteiger partial charge is 0.212 e. The van der Waals surface area contributed by atoms with Crippen molar-refractivity contribution >= 4 is 10.0 Å². The molecule has 0 saturated heterocycles. The third-order valence-corrected chi connectivity index (χ3v) is 4.55. The molecule has 1 aliphatic carbocycles. The molecule has 12 heavy (non-hydrogen) atoms. The van der Waals surface area contributed by atoms with Gasteiger partial charge in [0.15, 0.2) is 0 Å². The predicted octanol–water partition coefficient (Wildman–Crippen LogP) is 1.24. The fraction of sp³-hybridized carbons (Fsp3) is 1.00. The Morgan fingerprint density at radius 3 is 2.00 bits per heavy atom. The number of rotatable bonds is 3. The first-order valence-corrected chi connectivity index (χ1v) is 6.06. The molecule has 0 aromatic rings. The van der Waals surface area contributed by atoms with E-state index in [0.29, 0.717) is 0 Å². The molecule has 0 heterocycles. The van der Waals surface area contributed by atoms with Crippen LogP contribution in [0.2, 0.25) is 0 Å². The van der Waals surface area contributed by atoms with Crippen molar-refractivity contribution in [3.05, 3.63) is 0 Å². The van der Waals surface area contributed by atoms with Crippen molar-refractivity contribution in [3.8, 4) is 0 Å². The van der Waals surface area contributed by atoms with Crippen molar-refractivity contribution in [2.75, 3.05) is 0 Å². The summed E-state index contributed by atoms with van der Waals surface area (Å²) >= 11 is 0. The average molecular weight is 191 g/mol. The molecule has 3 nitrogen and oxygen atoms in total. The van der Waals surface area contributed by atoms with Gasteiger partial charge in [-0.3, -0.25) is 0 Å². The van der Waals surface area contributed by atoms with E-state index >= 15 is 0 Å². The lowest BCUT2D eigenvalue weighted by molar-refractivity contribution is 0.125. The van der Waals surface area contributed by atoms with E-state index in [1.807, 2.05) is 0 Å². The number of sulfonamides is 1. The van der Waals surface area contributed by atoms with Crippen LogP contribution < -0.4 is 5.14 Å². The van der Waals surface area contributed by atoms with Gasteiger partial charge in [0.25, 0.3) is 0 Å². The van der Waals surface area contributed by atoms with Gasteiger partial charge >= 0.3 is 0 Å². The number of primary sulfonamides is 1. The van der Waals surface area contributed by atoms with E-state index in [9.17, 15) is 8.42 Å². The first-order chi connectivity index (χ1) is 5.43. The lowest BCUT2D eigenvalue weighted by atomic mass is 9.65. The van der Waals surface area contributed by atoms with Gasteiger partial charge in [-0.2, -0.15) is 0 Å². The lowest BCUT2D eigenvalue weighted by Gasteiger charge is -2.45. The fourth-order valence-corrected chi connectivity index (χ4v) is 3.14. The summed E-state index contributed by atoms with van der Waals surface area (Å²) in [5, 5.41) is 4.78. The van der Waals surface area contributed by atoms with Crippen LogP contribution in [-0.4, -0.2) is 13.7 Å². The van der Waals surface area contributed by atoms with E-state index in [0.717, 1.165) is 25.7 Å². The second kappa shape index (κ2) is 3.00. The Morgan fingerprint density at radius 1 is 1.33 bits per heavy atom. The van der Waals surface area contributed by atoms with Crippen LogP contribution in [0.5, 0.6) is 0 Å². The van der Waals surface area contributed by atoms with Crippen LogP contribution in [-0.2, 0) is 10.0 Å². The Hall–Kier alpha value is -0.0900. The molecule has 0 amide bonds. The number of hydrogen-bond acceptors (Lipinski definition) is 2. The van der Waals surface area contributed by atoms with Crippen molar-refractivity contribution in [2.24, 2.45) is 10.6 Å². The normalized spacial score (nSPS) is 23.6. The molecular formula is C8H17NO2S. The maximum Gasteiger partial charge on any atom is 0.212 e. The molecule has 1 rings (SSSR count). The Labute approximate surface area is 74.4 Å². The van der Waals surface area contributed by atoms with Gasteiger partial charge in [-0.25, -0.2) is 13.6 Å². The van der Waals surface area contributed by atoms with Gasteiger partial charge in [-0.15, -0.1) is 0 Å². The highest BCUT2D eigenvalue weighted by atomic mass is 32.2. The zero-order valence-electron chi connectivity index (χ0n) is 7.71. The summed E-state index contributed by atoms with van der Waals surface area (Å²) < 4.78 is 21.8. The Bertz CT molecular complexity index is 246. The van der Waals surface area contributed by atoms with E-state index in [1.54, 1.807) is 0 Å². The molecule has 72 valence electrons. The van der Waals surface area contributed by atoms with Gasteiger partial charge in [0.1, 0.15) is 0 Å². The molecule has 0 bridgehead atoms. The Morgan fingerprint density at radius 2 is 1.75 bits per heavy atom. The van der Waals surface area contributed by atoms with Crippen LogP contribution >= 0.6 is 0 Å². The van der Waals surface area contributed by atoms with Crippen molar-refractivity contribution in [1.29, 1.82) is 0 Å². The van der Waals surface area contributed by atoms with Gasteiger partial charge in [-0.1, -0.05) is 26.7 Å². The summed E-state index contributed by atoms with van der Waals surface area (Å²) in [6.07, 6.45) is 3.66. The monoisotopic (exact) mass is 191 g/mol. The number of hydrogen-bond donors (Lipinski definition) is 1. The van der Waals surface area contributed by atoms with E-state index in [1.165, 1.54) is 0 Å². The molecule has 0 radical (unpaired) electrons. The van der Waals surface area contributed by atoms with Gasteiger partial charge in [0.2, 0.25) is 10.0 Å². The summed E-state index contributed by atoms with van der Waals surface area (Å²) in [6, 6.07) is 0. The van der Waals surface area contributed by atoms with Crippen LogP contribution in [0, 0.1) is 5.41 Å². The first kappa shape index (κ1) is 9.99. The zero-order chi connectivity index (χ0) is 9.41. The third-order valence-electron chi connectivity index (χ3n) is 3.29. The van der Waals surface area contributed by atoms with Crippen molar-refractivity contribution in [3.63, 3.8) is 0 Å². The van der Waals surface area contributed by atoms with Gasteiger partial charge in [-0.05, 0) is 18.3 Å². The fourth-order valence-electron chi connectivity index (χ4n) is 1.97. The van der Waals surface area contributed by atoms with Crippen molar-refractivity contribution in [2.45, 2.75) is 44.8 Å². The molecule has 0 aromatic heterocycles. The lowest BCUT2D eigenvalue weighted by Crippen LogP contribution is -2.47. The van der Waals surface area contributed by atoms with E-state index in [-0.39, 0.29) is 10.7 Å². The minimum absolute atomic E-state index is 0.266. The minimum atomic E-state index is -3.26. The molecule has 4 heteroatoms. The molecule has 1 aliphatic rings. The first-order valence-electron chi connectivity index (χ1n) is 4.45. The highest BCUT2D eigenvalue weighted by Gasteiger charge is 2.46.